The number of rotatable bonds is 6. The van der Waals surface area contributed by atoms with Gasteiger partial charge in [-0.2, -0.15) is 0 Å². The van der Waals surface area contributed by atoms with Crippen molar-refractivity contribution in [3.05, 3.63) is 0 Å². The fourth-order valence-electron chi connectivity index (χ4n) is 3.21. The fourth-order valence-corrected chi connectivity index (χ4v) is 3.21. The van der Waals surface area contributed by atoms with Crippen molar-refractivity contribution in [3.63, 3.8) is 0 Å². The van der Waals surface area contributed by atoms with E-state index in [1.807, 2.05) is 0 Å². The Morgan fingerprint density at radius 3 is 2.72 bits per heavy atom. The first-order chi connectivity index (χ1) is 8.64. The van der Waals surface area contributed by atoms with E-state index in [0.717, 1.165) is 38.4 Å². The maximum absolute atomic E-state index is 12.0. The van der Waals surface area contributed by atoms with Crippen LogP contribution >= 0.6 is 0 Å². The van der Waals surface area contributed by atoms with Crippen molar-refractivity contribution in [2.75, 3.05) is 19.6 Å². The van der Waals surface area contributed by atoms with E-state index in [1.165, 1.54) is 25.7 Å². The summed E-state index contributed by atoms with van der Waals surface area (Å²) >= 11 is 0. The molecule has 0 aromatic heterocycles. The van der Waals surface area contributed by atoms with E-state index in [-0.39, 0.29) is 0 Å². The number of amides is 1. The second-order valence-corrected chi connectivity index (χ2v) is 6.55. The van der Waals surface area contributed by atoms with Crippen LogP contribution in [0.3, 0.4) is 0 Å². The average molecular weight is 252 g/mol. The lowest BCUT2D eigenvalue weighted by atomic mass is 9.92. The van der Waals surface area contributed by atoms with E-state index in [2.05, 4.69) is 24.5 Å². The third kappa shape index (κ3) is 3.47. The summed E-state index contributed by atoms with van der Waals surface area (Å²) in [6, 6.07) is 0. The number of carbonyl (C=O) groups excluding carboxylic acids is 1. The smallest absolute Gasteiger partial charge is 0.223 e. The first-order valence-electron chi connectivity index (χ1n) is 7.62. The Kier molecular flexibility index (Phi) is 4.66. The first kappa shape index (κ1) is 13.9. The van der Waals surface area contributed by atoms with Crippen LogP contribution in [0.25, 0.3) is 0 Å². The number of hydrogen-bond donors (Lipinski definition) is 2. The number of piperidine rings is 1. The van der Waals surface area contributed by atoms with Crippen LogP contribution in [0.5, 0.6) is 0 Å². The molecule has 2 rings (SSSR count). The molecule has 1 unspecified atom stereocenters. The van der Waals surface area contributed by atoms with Gasteiger partial charge in [0.2, 0.25) is 5.91 Å². The van der Waals surface area contributed by atoms with Crippen molar-refractivity contribution < 1.29 is 4.79 Å². The standard InChI is InChI=1S/C15H28N2O/c1-12(2)5-3-4-8-17-14(18)13-11-15(13)6-9-16-10-7-15/h12-13,16H,3-11H2,1-2H3,(H,17,18). The van der Waals surface area contributed by atoms with Crippen LogP contribution in [-0.2, 0) is 4.79 Å². The number of hydrogen-bond acceptors (Lipinski definition) is 2. The fraction of sp³-hybridized carbons (Fsp3) is 0.933. The minimum absolute atomic E-state index is 0.321. The summed E-state index contributed by atoms with van der Waals surface area (Å²) in [6.45, 7) is 7.57. The van der Waals surface area contributed by atoms with Crippen LogP contribution in [0.4, 0.5) is 0 Å². The Labute approximate surface area is 111 Å². The third-order valence-electron chi connectivity index (χ3n) is 4.61. The Morgan fingerprint density at radius 2 is 2.06 bits per heavy atom. The summed E-state index contributed by atoms with van der Waals surface area (Å²) in [5.74, 6) is 1.42. The normalized spacial score (nSPS) is 25.4. The van der Waals surface area contributed by atoms with Gasteiger partial charge < -0.3 is 10.6 Å². The number of carbonyl (C=O) groups is 1. The van der Waals surface area contributed by atoms with E-state index in [4.69, 9.17) is 0 Å². The molecule has 1 amide bonds. The zero-order chi connectivity index (χ0) is 13.0. The SMILES string of the molecule is CC(C)CCCCNC(=O)C1CC12CCNCC2. The lowest BCUT2D eigenvalue weighted by Crippen LogP contribution is -2.34. The zero-order valence-corrected chi connectivity index (χ0v) is 11.9. The Bertz CT molecular complexity index is 282. The van der Waals surface area contributed by atoms with Gasteiger partial charge in [0.15, 0.2) is 0 Å². The molecule has 2 N–H and O–H groups in total. The molecule has 0 aromatic rings. The highest BCUT2D eigenvalue weighted by molar-refractivity contribution is 5.82. The quantitative estimate of drug-likeness (QED) is 0.712. The summed E-state index contributed by atoms with van der Waals surface area (Å²) < 4.78 is 0. The van der Waals surface area contributed by atoms with E-state index >= 15 is 0 Å². The average Bonchev–Trinajstić information content (AvgIpc) is 3.03. The van der Waals surface area contributed by atoms with Gasteiger partial charge in [0.25, 0.3) is 0 Å². The highest BCUT2D eigenvalue weighted by atomic mass is 16.2. The third-order valence-corrected chi connectivity index (χ3v) is 4.61. The second-order valence-electron chi connectivity index (χ2n) is 6.55. The molecular weight excluding hydrogens is 224 g/mol. The maximum atomic E-state index is 12.0. The summed E-state index contributed by atoms with van der Waals surface area (Å²) in [5.41, 5.74) is 0.382. The predicted molar refractivity (Wildman–Crippen MR) is 74.3 cm³/mol. The molecule has 1 aliphatic heterocycles. The van der Waals surface area contributed by atoms with Crippen LogP contribution in [-0.4, -0.2) is 25.5 Å². The zero-order valence-electron chi connectivity index (χ0n) is 11.9. The van der Waals surface area contributed by atoms with Crippen LogP contribution < -0.4 is 10.6 Å². The van der Waals surface area contributed by atoms with Gasteiger partial charge in [0.05, 0.1) is 0 Å². The van der Waals surface area contributed by atoms with Gasteiger partial charge in [0, 0.05) is 12.5 Å². The maximum Gasteiger partial charge on any atom is 0.223 e. The predicted octanol–water partition coefficient (Wildman–Crippen LogP) is 2.32. The van der Waals surface area contributed by atoms with E-state index in [9.17, 15) is 4.79 Å². The van der Waals surface area contributed by atoms with Gasteiger partial charge in [0.1, 0.15) is 0 Å². The first-order valence-corrected chi connectivity index (χ1v) is 7.62. The molecule has 2 aliphatic rings. The molecular formula is C15H28N2O. The van der Waals surface area contributed by atoms with Gasteiger partial charge in [-0.15, -0.1) is 0 Å². The molecule has 18 heavy (non-hydrogen) atoms. The molecule has 1 aliphatic carbocycles. The topological polar surface area (TPSA) is 41.1 Å². The van der Waals surface area contributed by atoms with E-state index < -0.39 is 0 Å². The van der Waals surface area contributed by atoms with Crippen LogP contribution in [0.2, 0.25) is 0 Å². The minimum atomic E-state index is 0.321. The van der Waals surface area contributed by atoms with Gasteiger partial charge >= 0.3 is 0 Å². The van der Waals surface area contributed by atoms with Crippen LogP contribution in [0, 0.1) is 17.3 Å². The van der Waals surface area contributed by atoms with E-state index in [0.29, 0.717) is 17.2 Å². The van der Waals surface area contributed by atoms with Crippen LogP contribution in [0.1, 0.15) is 52.4 Å². The van der Waals surface area contributed by atoms with Gasteiger partial charge in [-0.25, -0.2) is 0 Å². The molecule has 0 radical (unpaired) electrons. The Hall–Kier alpha value is -0.570. The molecule has 1 saturated heterocycles. The van der Waals surface area contributed by atoms with Gasteiger partial charge in [-0.3, -0.25) is 4.79 Å². The molecule has 3 heteroatoms. The summed E-state index contributed by atoms with van der Waals surface area (Å²) in [5, 5.41) is 6.51. The van der Waals surface area contributed by atoms with Crippen LogP contribution in [0.15, 0.2) is 0 Å². The monoisotopic (exact) mass is 252 g/mol. The largest absolute Gasteiger partial charge is 0.356 e. The lowest BCUT2D eigenvalue weighted by Gasteiger charge is -2.23. The highest BCUT2D eigenvalue weighted by Crippen LogP contribution is 2.58. The molecule has 1 spiro atoms. The highest BCUT2D eigenvalue weighted by Gasteiger charge is 2.57. The molecule has 0 aromatic carbocycles. The van der Waals surface area contributed by atoms with Crippen molar-refractivity contribution in [1.82, 2.24) is 10.6 Å². The van der Waals surface area contributed by atoms with E-state index in [1.54, 1.807) is 0 Å². The Morgan fingerprint density at radius 1 is 1.33 bits per heavy atom. The Balaban J connectivity index is 1.59. The molecule has 1 atom stereocenters. The van der Waals surface area contributed by atoms with Crippen molar-refractivity contribution in [2.24, 2.45) is 17.3 Å². The van der Waals surface area contributed by atoms with Crippen molar-refractivity contribution in [3.8, 4) is 0 Å². The molecule has 1 saturated carbocycles. The second kappa shape index (κ2) is 6.05. The minimum Gasteiger partial charge on any atom is -0.356 e. The van der Waals surface area contributed by atoms with Gasteiger partial charge in [-0.05, 0) is 50.1 Å². The van der Waals surface area contributed by atoms with Crippen molar-refractivity contribution >= 4 is 5.91 Å². The lowest BCUT2D eigenvalue weighted by molar-refractivity contribution is -0.123. The molecule has 3 nitrogen and oxygen atoms in total. The summed E-state index contributed by atoms with van der Waals surface area (Å²) in [4.78, 5) is 12.0. The number of nitrogens with one attached hydrogen (secondary N) is 2. The molecule has 2 fully saturated rings. The van der Waals surface area contributed by atoms with Crippen molar-refractivity contribution in [1.29, 1.82) is 0 Å². The summed E-state index contributed by atoms with van der Waals surface area (Å²) in [6.07, 6.45) is 7.15. The molecule has 0 bridgehead atoms. The summed E-state index contributed by atoms with van der Waals surface area (Å²) in [7, 11) is 0. The molecule has 1 heterocycles. The van der Waals surface area contributed by atoms with Crippen molar-refractivity contribution in [2.45, 2.75) is 52.4 Å². The van der Waals surface area contributed by atoms with Gasteiger partial charge in [-0.1, -0.05) is 26.7 Å². The number of unbranched alkanes of at least 4 members (excludes halogenated alkanes) is 1. The molecule has 104 valence electrons.